The highest BCUT2D eigenvalue weighted by atomic mass is 16.4. The first-order chi connectivity index (χ1) is 9.75. The van der Waals surface area contributed by atoms with Crippen molar-refractivity contribution in [2.75, 3.05) is 0 Å². The Morgan fingerprint density at radius 1 is 1.15 bits per heavy atom. The van der Waals surface area contributed by atoms with Gasteiger partial charge >= 0.3 is 5.97 Å². The van der Waals surface area contributed by atoms with Gasteiger partial charge in [0.15, 0.2) is 0 Å². The van der Waals surface area contributed by atoms with E-state index in [1.807, 2.05) is 24.3 Å². The Bertz CT molecular complexity index is 988. The maximum absolute atomic E-state index is 11.4. The van der Waals surface area contributed by atoms with Gasteiger partial charge in [-0.15, -0.1) is 0 Å². The molecule has 0 atom stereocenters. The number of carboxylic acids is 1. The average Bonchev–Trinajstić information content (AvgIpc) is 2.93. The van der Waals surface area contributed by atoms with Crippen LogP contribution in [0.3, 0.4) is 0 Å². The zero-order valence-corrected chi connectivity index (χ0v) is 10.3. The summed E-state index contributed by atoms with van der Waals surface area (Å²) < 4.78 is 0. The van der Waals surface area contributed by atoms with Crippen LogP contribution in [-0.2, 0) is 0 Å². The van der Waals surface area contributed by atoms with Crippen molar-refractivity contribution in [2.24, 2.45) is 0 Å². The third kappa shape index (κ3) is 1.34. The number of aromatic nitrogens is 3. The first-order valence-electron chi connectivity index (χ1n) is 6.12. The predicted octanol–water partition coefficient (Wildman–Crippen LogP) is 2.96. The van der Waals surface area contributed by atoms with Crippen molar-refractivity contribution in [1.29, 1.82) is 0 Å². The minimum absolute atomic E-state index is 0.183. The molecule has 4 aromatic rings. The van der Waals surface area contributed by atoms with Gasteiger partial charge in [0.2, 0.25) is 0 Å². The summed E-state index contributed by atoms with van der Waals surface area (Å²) in [5, 5.41) is 19.9. The zero-order valence-electron chi connectivity index (χ0n) is 10.3. The van der Waals surface area contributed by atoms with Gasteiger partial charge in [0.25, 0.3) is 0 Å². The molecule has 0 unspecified atom stereocenters. The molecule has 4 rings (SSSR count). The van der Waals surface area contributed by atoms with Crippen LogP contribution in [-0.4, -0.2) is 26.3 Å². The van der Waals surface area contributed by atoms with Crippen LogP contribution in [0.25, 0.3) is 32.6 Å². The Hall–Kier alpha value is -2.95. The van der Waals surface area contributed by atoms with Gasteiger partial charge in [-0.1, -0.05) is 24.3 Å². The average molecular weight is 263 g/mol. The van der Waals surface area contributed by atoms with Crippen LogP contribution >= 0.6 is 0 Å². The van der Waals surface area contributed by atoms with Crippen LogP contribution in [0.5, 0.6) is 0 Å². The fourth-order valence-corrected chi connectivity index (χ4v) is 2.62. The Morgan fingerprint density at radius 3 is 2.85 bits per heavy atom. The molecule has 0 saturated carbocycles. The minimum Gasteiger partial charge on any atom is -0.478 e. The number of pyridine rings is 1. The Balaban J connectivity index is 2.37. The van der Waals surface area contributed by atoms with E-state index < -0.39 is 5.97 Å². The van der Waals surface area contributed by atoms with Gasteiger partial charge in [0.05, 0.1) is 22.8 Å². The number of H-pyrrole nitrogens is 1. The van der Waals surface area contributed by atoms with E-state index in [1.54, 1.807) is 18.5 Å². The molecule has 0 saturated heterocycles. The van der Waals surface area contributed by atoms with Crippen molar-refractivity contribution in [3.63, 3.8) is 0 Å². The van der Waals surface area contributed by atoms with Crippen molar-refractivity contribution in [2.45, 2.75) is 0 Å². The number of nitrogens with one attached hydrogen (secondary N) is 1. The lowest BCUT2D eigenvalue weighted by atomic mass is 10.0. The largest absolute Gasteiger partial charge is 0.478 e. The van der Waals surface area contributed by atoms with Gasteiger partial charge < -0.3 is 5.11 Å². The highest BCUT2D eigenvalue weighted by Crippen LogP contribution is 2.32. The van der Waals surface area contributed by atoms with E-state index in [2.05, 4.69) is 15.2 Å². The molecule has 96 valence electrons. The van der Waals surface area contributed by atoms with E-state index in [9.17, 15) is 9.90 Å². The number of carbonyl (C=O) groups is 1. The first-order valence-corrected chi connectivity index (χ1v) is 6.12. The van der Waals surface area contributed by atoms with Crippen molar-refractivity contribution < 1.29 is 9.90 Å². The summed E-state index contributed by atoms with van der Waals surface area (Å²) >= 11 is 0. The lowest BCUT2D eigenvalue weighted by molar-refractivity contribution is 0.0699. The number of hydrogen-bond donors (Lipinski definition) is 2. The summed E-state index contributed by atoms with van der Waals surface area (Å²) in [4.78, 5) is 15.8. The lowest BCUT2D eigenvalue weighted by Crippen LogP contribution is -1.99. The molecule has 0 spiro atoms. The zero-order chi connectivity index (χ0) is 13.7. The van der Waals surface area contributed by atoms with Crippen LogP contribution in [0.2, 0.25) is 0 Å². The molecule has 2 aromatic carbocycles. The molecule has 5 heteroatoms. The molecule has 0 bridgehead atoms. The fourth-order valence-electron chi connectivity index (χ4n) is 2.62. The monoisotopic (exact) mass is 263 g/mol. The number of aromatic carboxylic acids is 1. The van der Waals surface area contributed by atoms with Crippen LogP contribution in [0.4, 0.5) is 0 Å². The first kappa shape index (κ1) is 10.9. The molecule has 5 nitrogen and oxygen atoms in total. The molecule has 0 aliphatic carbocycles. The highest BCUT2D eigenvalue weighted by molar-refractivity contribution is 6.22. The number of carboxylic acid groups (broad SMARTS) is 1. The van der Waals surface area contributed by atoms with Crippen LogP contribution in [0, 0.1) is 0 Å². The molecule has 2 aromatic heterocycles. The fraction of sp³-hybridized carbons (Fsp3) is 0. The van der Waals surface area contributed by atoms with E-state index in [-0.39, 0.29) is 5.56 Å². The van der Waals surface area contributed by atoms with Crippen molar-refractivity contribution in [1.82, 2.24) is 15.2 Å². The molecule has 0 aliphatic rings. The summed E-state index contributed by atoms with van der Waals surface area (Å²) in [6.07, 6.45) is 3.41. The van der Waals surface area contributed by atoms with Gasteiger partial charge in [0.1, 0.15) is 0 Å². The van der Waals surface area contributed by atoms with E-state index in [0.717, 1.165) is 21.5 Å². The van der Waals surface area contributed by atoms with Gasteiger partial charge in [-0.3, -0.25) is 10.1 Å². The summed E-state index contributed by atoms with van der Waals surface area (Å²) in [6, 6.07) is 9.37. The second-order valence-electron chi connectivity index (χ2n) is 4.63. The highest BCUT2D eigenvalue weighted by Gasteiger charge is 2.16. The van der Waals surface area contributed by atoms with E-state index in [0.29, 0.717) is 11.0 Å². The molecule has 0 fully saturated rings. The van der Waals surface area contributed by atoms with Crippen LogP contribution in [0.15, 0.2) is 42.7 Å². The van der Waals surface area contributed by atoms with Crippen LogP contribution < -0.4 is 0 Å². The minimum atomic E-state index is -0.991. The van der Waals surface area contributed by atoms with Crippen molar-refractivity contribution in [3.8, 4) is 0 Å². The molecule has 2 heterocycles. The number of aromatic amines is 1. The maximum atomic E-state index is 11.4. The predicted molar refractivity (Wildman–Crippen MR) is 75.9 cm³/mol. The molecule has 2 N–H and O–H groups in total. The molecule has 0 radical (unpaired) electrons. The van der Waals surface area contributed by atoms with Crippen molar-refractivity contribution in [3.05, 3.63) is 48.3 Å². The number of hydrogen-bond acceptors (Lipinski definition) is 3. The normalized spacial score (nSPS) is 11.4. The maximum Gasteiger partial charge on any atom is 0.337 e. The standard InChI is InChI=1S/C15H9N3O2/c19-15(20)10-5-12-11(7-17-18-12)13-9-4-2-1-3-8(9)6-16-14(10)13/h1-7H,(H,17,18)(H,19,20). The molecular weight excluding hydrogens is 254 g/mol. The van der Waals surface area contributed by atoms with Gasteiger partial charge in [-0.2, -0.15) is 5.10 Å². The van der Waals surface area contributed by atoms with Gasteiger partial charge in [-0.25, -0.2) is 4.79 Å². The summed E-state index contributed by atoms with van der Waals surface area (Å²) in [5.74, 6) is -0.991. The molecular formula is C15H9N3O2. The number of nitrogens with zero attached hydrogens (tertiary/aromatic N) is 2. The number of rotatable bonds is 1. The SMILES string of the molecule is O=C(O)c1cc2[nH]ncc2c2c1ncc1ccccc12. The molecule has 0 amide bonds. The number of benzene rings is 2. The van der Waals surface area contributed by atoms with Gasteiger partial charge in [0, 0.05) is 22.4 Å². The quantitative estimate of drug-likeness (QED) is 0.517. The molecule has 20 heavy (non-hydrogen) atoms. The Kier molecular flexibility index (Phi) is 2.06. The lowest BCUT2D eigenvalue weighted by Gasteiger charge is -2.07. The number of fused-ring (bicyclic) bond motifs is 5. The van der Waals surface area contributed by atoms with Gasteiger partial charge in [-0.05, 0) is 11.5 Å². The third-order valence-corrected chi connectivity index (χ3v) is 3.51. The van der Waals surface area contributed by atoms with Crippen molar-refractivity contribution >= 4 is 38.5 Å². The summed E-state index contributed by atoms with van der Waals surface area (Å²) in [6.45, 7) is 0. The summed E-state index contributed by atoms with van der Waals surface area (Å²) in [7, 11) is 0. The van der Waals surface area contributed by atoms with E-state index >= 15 is 0 Å². The van der Waals surface area contributed by atoms with E-state index in [1.165, 1.54) is 0 Å². The second kappa shape index (κ2) is 3.77. The van der Waals surface area contributed by atoms with E-state index in [4.69, 9.17) is 0 Å². The van der Waals surface area contributed by atoms with Crippen LogP contribution in [0.1, 0.15) is 10.4 Å². The topological polar surface area (TPSA) is 78.9 Å². The molecule has 0 aliphatic heterocycles. The third-order valence-electron chi connectivity index (χ3n) is 3.51. The summed E-state index contributed by atoms with van der Waals surface area (Å²) in [5.41, 5.74) is 1.38. The Morgan fingerprint density at radius 2 is 2.00 bits per heavy atom. The Labute approximate surface area is 112 Å². The second-order valence-corrected chi connectivity index (χ2v) is 4.63. The smallest absolute Gasteiger partial charge is 0.337 e.